The molecule has 1 nitrogen and oxygen atoms in total. The number of hydrogen-bond acceptors (Lipinski definition) is 1. The summed E-state index contributed by atoms with van der Waals surface area (Å²) in [7, 11) is 0.377. The lowest BCUT2D eigenvalue weighted by Gasteiger charge is -2.36. The molecule has 0 aromatic heterocycles. The fourth-order valence-corrected chi connectivity index (χ4v) is 1.69. The Morgan fingerprint density at radius 1 is 0.947 bits per heavy atom. The average Bonchev–Trinajstić information content (AvgIpc) is 2.27. The van der Waals surface area contributed by atoms with Crippen LogP contribution in [0.3, 0.4) is 0 Å². The third-order valence-electron chi connectivity index (χ3n) is 2.66. The molecule has 1 rings (SSSR count). The number of hydrogen-bond donors (Lipinski definition) is 0. The molecule has 0 amide bonds. The Morgan fingerprint density at radius 2 is 1.37 bits per heavy atom. The molecule has 7 heteroatoms. The van der Waals surface area contributed by atoms with Crippen molar-refractivity contribution in [3.63, 3.8) is 0 Å². The summed E-state index contributed by atoms with van der Waals surface area (Å²) in [5.41, 5.74) is -4.96. The Balaban J connectivity index is 3.50. The quantitative estimate of drug-likeness (QED) is 0.752. The van der Waals surface area contributed by atoms with Gasteiger partial charge in [0, 0.05) is 12.7 Å². The van der Waals surface area contributed by atoms with E-state index in [1.807, 2.05) is 0 Å². The highest BCUT2D eigenvalue weighted by Crippen LogP contribution is 2.52. The minimum atomic E-state index is -5.63. The molecule has 0 aliphatic heterocycles. The molecule has 0 saturated heterocycles. The van der Waals surface area contributed by atoms with Gasteiger partial charge in [0.1, 0.15) is 0 Å². The number of ether oxygens (including phenoxy) is 1. The van der Waals surface area contributed by atoms with Gasteiger partial charge in [-0.2, -0.15) is 26.3 Å². The summed E-state index contributed by atoms with van der Waals surface area (Å²) in [6.07, 6.45) is -9.95. The monoisotopic (exact) mass is 284 g/mol. The predicted molar refractivity (Wildman–Crippen MR) is 57.3 cm³/mol. The Morgan fingerprint density at radius 3 is 1.63 bits per heavy atom. The van der Waals surface area contributed by atoms with Crippen molar-refractivity contribution < 1.29 is 31.1 Å². The largest absolute Gasteiger partial charge is 0.430 e. The summed E-state index contributed by atoms with van der Waals surface area (Å²) in [6, 6.07) is 3.66. The summed E-state index contributed by atoms with van der Waals surface area (Å²) in [5, 5.41) is 0. The van der Waals surface area contributed by atoms with Gasteiger partial charge in [-0.15, -0.1) is 0 Å². The van der Waals surface area contributed by atoms with Crippen LogP contribution in [0.1, 0.15) is 11.1 Å². The summed E-state index contributed by atoms with van der Waals surface area (Å²) in [5.74, 6) is 0. The SMILES string of the molecule is C=Cc1ccc(C(OC)(C(F)(F)F)C(F)(F)F)cc1. The Labute approximate surface area is 105 Å². The first-order valence-electron chi connectivity index (χ1n) is 5.01. The zero-order valence-corrected chi connectivity index (χ0v) is 9.77. The number of alkyl halides is 6. The molecule has 1 aromatic rings. The van der Waals surface area contributed by atoms with Gasteiger partial charge in [-0.25, -0.2) is 0 Å². The van der Waals surface area contributed by atoms with Crippen molar-refractivity contribution in [3.8, 4) is 0 Å². The number of halogens is 6. The summed E-state index contributed by atoms with van der Waals surface area (Å²) >= 11 is 0. The molecule has 106 valence electrons. The van der Waals surface area contributed by atoms with Gasteiger partial charge in [0.25, 0.3) is 5.60 Å². The molecule has 0 N–H and O–H groups in total. The van der Waals surface area contributed by atoms with Crippen LogP contribution in [-0.2, 0) is 10.3 Å². The lowest BCUT2D eigenvalue weighted by molar-refractivity contribution is -0.383. The molecule has 19 heavy (non-hydrogen) atoms. The van der Waals surface area contributed by atoms with E-state index in [4.69, 9.17) is 0 Å². The van der Waals surface area contributed by atoms with Crippen LogP contribution in [-0.4, -0.2) is 19.5 Å². The van der Waals surface area contributed by atoms with Crippen molar-refractivity contribution in [2.75, 3.05) is 7.11 Å². The van der Waals surface area contributed by atoms with E-state index < -0.39 is 23.5 Å². The van der Waals surface area contributed by atoms with Gasteiger partial charge < -0.3 is 4.74 Å². The summed E-state index contributed by atoms with van der Waals surface area (Å²) < 4.78 is 81.1. The number of benzene rings is 1. The predicted octanol–water partition coefficient (Wildman–Crippen LogP) is 4.30. The van der Waals surface area contributed by atoms with Gasteiger partial charge in [-0.3, -0.25) is 0 Å². The Kier molecular flexibility index (Phi) is 4.00. The highest BCUT2D eigenvalue weighted by Gasteiger charge is 2.72. The summed E-state index contributed by atoms with van der Waals surface area (Å²) in [6.45, 7) is 3.36. The van der Waals surface area contributed by atoms with Gasteiger partial charge in [-0.1, -0.05) is 36.9 Å². The minimum absolute atomic E-state index is 0.377. The van der Waals surface area contributed by atoms with E-state index in [-0.39, 0.29) is 0 Å². The average molecular weight is 284 g/mol. The van der Waals surface area contributed by atoms with Crippen molar-refractivity contribution in [3.05, 3.63) is 42.0 Å². The van der Waals surface area contributed by atoms with E-state index in [0.29, 0.717) is 12.7 Å². The van der Waals surface area contributed by atoms with E-state index in [1.54, 1.807) is 0 Å². The molecule has 0 spiro atoms. The lowest BCUT2D eigenvalue weighted by atomic mass is 9.91. The van der Waals surface area contributed by atoms with Crippen LogP contribution in [0.5, 0.6) is 0 Å². The maximum absolute atomic E-state index is 12.9. The molecule has 0 fully saturated rings. The highest BCUT2D eigenvalue weighted by atomic mass is 19.4. The molecule has 0 aliphatic carbocycles. The molecular weight excluding hydrogens is 274 g/mol. The molecule has 0 heterocycles. The topological polar surface area (TPSA) is 9.23 Å². The Hall–Kier alpha value is -1.50. The molecule has 0 atom stereocenters. The normalized spacial score (nSPS) is 13.4. The first kappa shape index (κ1) is 15.6. The van der Waals surface area contributed by atoms with E-state index in [2.05, 4.69) is 11.3 Å². The standard InChI is InChI=1S/C12H10F6O/c1-3-8-4-6-9(7-5-8)10(19-2,11(13,14)15)12(16,17)18/h3-7H,1H2,2H3. The minimum Gasteiger partial charge on any atom is -0.357 e. The molecule has 0 bridgehead atoms. The maximum atomic E-state index is 12.9. The molecule has 0 radical (unpaired) electrons. The van der Waals surface area contributed by atoms with Gasteiger partial charge in [0.2, 0.25) is 0 Å². The molecule has 0 unspecified atom stereocenters. The van der Waals surface area contributed by atoms with Crippen LogP contribution >= 0.6 is 0 Å². The van der Waals surface area contributed by atoms with E-state index in [9.17, 15) is 26.3 Å². The zero-order chi connectivity index (χ0) is 14.9. The first-order chi connectivity index (χ1) is 8.60. The van der Waals surface area contributed by atoms with Crippen LogP contribution < -0.4 is 0 Å². The van der Waals surface area contributed by atoms with Gasteiger partial charge >= 0.3 is 12.4 Å². The second-order valence-electron chi connectivity index (χ2n) is 3.71. The van der Waals surface area contributed by atoms with Gasteiger partial charge in [0.15, 0.2) is 0 Å². The highest BCUT2D eigenvalue weighted by molar-refractivity contribution is 5.48. The second-order valence-corrected chi connectivity index (χ2v) is 3.71. The number of rotatable bonds is 3. The fraction of sp³-hybridized carbons (Fsp3) is 0.333. The van der Waals surface area contributed by atoms with E-state index in [0.717, 1.165) is 24.3 Å². The number of methoxy groups -OCH3 is 1. The Bertz CT molecular complexity index is 429. The molecule has 1 aromatic carbocycles. The van der Waals surface area contributed by atoms with Crippen LogP contribution in [0.25, 0.3) is 6.08 Å². The van der Waals surface area contributed by atoms with Crippen molar-refractivity contribution in [2.45, 2.75) is 18.0 Å². The van der Waals surface area contributed by atoms with E-state index in [1.165, 1.54) is 6.08 Å². The molecule has 0 saturated carbocycles. The van der Waals surface area contributed by atoms with Crippen LogP contribution in [0.2, 0.25) is 0 Å². The second kappa shape index (κ2) is 4.88. The van der Waals surface area contributed by atoms with Crippen molar-refractivity contribution >= 4 is 6.08 Å². The summed E-state index contributed by atoms with van der Waals surface area (Å²) in [4.78, 5) is 0. The van der Waals surface area contributed by atoms with Crippen LogP contribution in [0, 0.1) is 0 Å². The van der Waals surface area contributed by atoms with Crippen LogP contribution in [0.4, 0.5) is 26.3 Å². The lowest BCUT2D eigenvalue weighted by Crippen LogP contribution is -2.55. The van der Waals surface area contributed by atoms with Crippen molar-refractivity contribution in [2.24, 2.45) is 0 Å². The smallest absolute Gasteiger partial charge is 0.357 e. The van der Waals surface area contributed by atoms with Crippen LogP contribution in [0.15, 0.2) is 30.8 Å². The molecule has 0 aliphatic rings. The van der Waals surface area contributed by atoms with E-state index >= 15 is 0 Å². The van der Waals surface area contributed by atoms with Gasteiger partial charge in [0.05, 0.1) is 0 Å². The zero-order valence-electron chi connectivity index (χ0n) is 9.77. The van der Waals surface area contributed by atoms with Crippen molar-refractivity contribution in [1.82, 2.24) is 0 Å². The maximum Gasteiger partial charge on any atom is 0.430 e. The third-order valence-corrected chi connectivity index (χ3v) is 2.66. The van der Waals surface area contributed by atoms with Gasteiger partial charge in [-0.05, 0) is 5.56 Å². The molecular formula is C12H10F6O. The third kappa shape index (κ3) is 2.47. The fourth-order valence-electron chi connectivity index (χ4n) is 1.69. The first-order valence-corrected chi connectivity index (χ1v) is 5.01. The van der Waals surface area contributed by atoms with Crippen molar-refractivity contribution in [1.29, 1.82) is 0 Å².